The van der Waals surface area contributed by atoms with Gasteiger partial charge in [0.05, 0.1) is 23.3 Å². The summed E-state index contributed by atoms with van der Waals surface area (Å²) >= 11 is 6.14. The summed E-state index contributed by atoms with van der Waals surface area (Å²) < 4.78 is 4.76. The fraction of sp³-hybridized carbons (Fsp3) is 0.235. The molecule has 2 rings (SSSR count). The van der Waals surface area contributed by atoms with Crippen molar-refractivity contribution in [3.8, 4) is 0 Å². The van der Waals surface area contributed by atoms with E-state index in [9.17, 15) is 14.4 Å². The lowest BCUT2D eigenvalue weighted by atomic mass is 9.98. The average molecular weight is 349 g/mol. The molecule has 1 aromatic carbocycles. The quantitative estimate of drug-likeness (QED) is 0.655. The van der Waals surface area contributed by atoms with Crippen molar-refractivity contribution in [1.82, 2.24) is 4.98 Å². The number of rotatable bonds is 4. The number of esters is 1. The molecule has 2 N–H and O–H groups in total. The van der Waals surface area contributed by atoms with Crippen LogP contribution in [0.25, 0.3) is 0 Å². The van der Waals surface area contributed by atoms with Gasteiger partial charge in [0.25, 0.3) is 0 Å². The van der Waals surface area contributed by atoms with Crippen molar-refractivity contribution >= 4 is 34.9 Å². The molecule has 6 nitrogen and oxygen atoms in total. The van der Waals surface area contributed by atoms with E-state index in [4.69, 9.17) is 16.3 Å². The Kier molecular flexibility index (Phi) is 5.09. The summed E-state index contributed by atoms with van der Waals surface area (Å²) in [5.41, 5.74) is 2.10. The first-order chi connectivity index (χ1) is 11.3. The van der Waals surface area contributed by atoms with Gasteiger partial charge in [0.2, 0.25) is 5.91 Å². The maximum atomic E-state index is 13.0. The van der Waals surface area contributed by atoms with Crippen molar-refractivity contribution in [3.63, 3.8) is 0 Å². The number of carbonyl (C=O) groups excluding carboxylic acids is 3. The minimum absolute atomic E-state index is 0.181. The summed E-state index contributed by atoms with van der Waals surface area (Å²) in [5, 5.41) is 2.82. The largest absolute Gasteiger partial charge is 0.465 e. The molecule has 0 aliphatic carbocycles. The van der Waals surface area contributed by atoms with Crippen LogP contribution in [0.4, 0.5) is 5.69 Å². The lowest BCUT2D eigenvalue weighted by Crippen LogP contribution is -2.12. The number of carbonyl (C=O) groups is 3. The molecule has 0 atom stereocenters. The predicted molar refractivity (Wildman–Crippen MR) is 90.8 cm³/mol. The Hall–Kier alpha value is -2.60. The van der Waals surface area contributed by atoms with Gasteiger partial charge in [-0.1, -0.05) is 11.6 Å². The number of ether oxygens (including phenoxy) is 1. The van der Waals surface area contributed by atoms with Gasteiger partial charge in [0.1, 0.15) is 0 Å². The molecule has 0 aliphatic heterocycles. The number of anilines is 1. The molecule has 0 fully saturated rings. The van der Waals surface area contributed by atoms with Gasteiger partial charge in [-0.3, -0.25) is 9.59 Å². The topological polar surface area (TPSA) is 88.3 Å². The maximum absolute atomic E-state index is 13.0. The Balaban J connectivity index is 2.57. The van der Waals surface area contributed by atoms with E-state index in [0.29, 0.717) is 17.1 Å². The van der Waals surface area contributed by atoms with Crippen LogP contribution in [0, 0.1) is 13.8 Å². The molecule has 0 aliphatic rings. The molecule has 1 aromatic heterocycles. The molecule has 2 aromatic rings. The summed E-state index contributed by atoms with van der Waals surface area (Å²) in [6, 6.07) is 4.60. The molecule has 0 saturated carbocycles. The SMILES string of the molecule is COC(=O)c1c(C)[nH]c(C)c1C(=O)c1cc(NC(C)=O)ccc1Cl. The van der Waals surface area contributed by atoms with Crippen molar-refractivity contribution < 1.29 is 19.1 Å². The highest BCUT2D eigenvalue weighted by atomic mass is 35.5. The van der Waals surface area contributed by atoms with Crippen LogP contribution >= 0.6 is 11.6 Å². The number of amides is 1. The van der Waals surface area contributed by atoms with Crippen LogP contribution in [0.5, 0.6) is 0 Å². The fourth-order valence-corrected chi connectivity index (χ4v) is 2.74. The number of hydrogen-bond acceptors (Lipinski definition) is 4. The van der Waals surface area contributed by atoms with Crippen molar-refractivity contribution in [3.05, 3.63) is 51.3 Å². The monoisotopic (exact) mass is 348 g/mol. The third-order valence-corrected chi connectivity index (χ3v) is 3.85. The van der Waals surface area contributed by atoms with Crippen LogP contribution in [-0.2, 0) is 9.53 Å². The van der Waals surface area contributed by atoms with Gasteiger partial charge in [-0.15, -0.1) is 0 Å². The predicted octanol–water partition coefficient (Wildman–Crippen LogP) is 3.26. The van der Waals surface area contributed by atoms with Crippen LogP contribution < -0.4 is 5.32 Å². The summed E-state index contributed by atoms with van der Waals surface area (Å²) in [4.78, 5) is 39.1. The van der Waals surface area contributed by atoms with Gasteiger partial charge in [0.15, 0.2) is 5.78 Å². The van der Waals surface area contributed by atoms with E-state index >= 15 is 0 Å². The number of H-pyrrole nitrogens is 1. The second kappa shape index (κ2) is 6.88. The molecule has 0 saturated heterocycles. The zero-order valence-electron chi connectivity index (χ0n) is 13.7. The lowest BCUT2D eigenvalue weighted by Gasteiger charge is -2.09. The molecule has 0 unspecified atom stereocenters. The number of hydrogen-bond donors (Lipinski definition) is 2. The molecular weight excluding hydrogens is 332 g/mol. The van der Waals surface area contributed by atoms with Crippen LogP contribution in [-0.4, -0.2) is 29.8 Å². The first-order valence-electron chi connectivity index (χ1n) is 7.15. The van der Waals surface area contributed by atoms with Crippen LogP contribution in [0.3, 0.4) is 0 Å². The van der Waals surface area contributed by atoms with Crippen LogP contribution in [0.1, 0.15) is 44.6 Å². The van der Waals surface area contributed by atoms with E-state index in [2.05, 4.69) is 10.3 Å². The summed E-state index contributed by atoms with van der Waals surface area (Å²) in [7, 11) is 1.25. The summed E-state index contributed by atoms with van der Waals surface area (Å²) in [6.07, 6.45) is 0. The van der Waals surface area contributed by atoms with Crippen LogP contribution in [0.15, 0.2) is 18.2 Å². The van der Waals surface area contributed by atoms with Crippen molar-refractivity contribution in [2.24, 2.45) is 0 Å². The van der Waals surface area contributed by atoms with Gasteiger partial charge >= 0.3 is 5.97 Å². The summed E-state index contributed by atoms with van der Waals surface area (Å²) in [6.45, 7) is 4.74. The maximum Gasteiger partial charge on any atom is 0.340 e. The minimum atomic E-state index is -0.602. The number of benzene rings is 1. The van der Waals surface area contributed by atoms with Crippen molar-refractivity contribution in [1.29, 1.82) is 0 Å². The number of aromatic nitrogens is 1. The standard InChI is InChI=1S/C17H17ClN2O4/c1-8-14(15(9(2)19-8)17(23)24-4)16(22)12-7-11(20-10(3)21)5-6-13(12)18/h5-7,19H,1-4H3,(H,20,21). The first kappa shape index (κ1) is 17.7. The van der Waals surface area contributed by atoms with Gasteiger partial charge < -0.3 is 15.0 Å². The van der Waals surface area contributed by atoms with Crippen molar-refractivity contribution in [2.75, 3.05) is 12.4 Å². The molecule has 1 amide bonds. The molecule has 0 radical (unpaired) electrons. The lowest BCUT2D eigenvalue weighted by molar-refractivity contribution is -0.114. The van der Waals surface area contributed by atoms with E-state index in [1.165, 1.54) is 26.2 Å². The van der Waals surface area contributed by atoms with E-state index in [-0.39, 0.29) is 27.6 Å². The zero-order chi connectivity index (χ0) is 18.0. The van der Waals surface area contributed by atoms with Crippen molar-refractivity contribution in [2.45, 2.75) is 20.8 Å². The third-order valence-electron chi connectivity index (χ3n) is 3.52. The first-order valence-corrected chi connectivity index (χ1v) is 7.53. The van der Waals surface area contributed by atoms with Gasteiger partial charge in [0, 0.05) is 29.6 Å². The Morgan fingerprint density at radius 1 is 1.12 bits per heavy atom. The smallest absolute Gasteiger partial charge is 0.340 e. The van der Waals surface area contributed by atoms with Gasteiger partial charge in [-0.25, -0.2) is 4.79 Å². The fourth-order valence-electron chi connectivity index (χ4n) is 2.54. The normalized spacial score (nSPS) is 10.4. The van der Waals surface area contributed by atoms with E-state index in [1.807, 2.05) is 0 Å². The van der Waals surface area contributed by atoms with Gasteiger partial charge in [-0.2, -0.15) is 0 Å². The number of halogens is 1. The molecule has 1 heterocycles. The van der Waals surface area contributed by atoms with Crippen LogP contribution in [0.2, 0.25) is 5.02 Å². The highest BCUT2D eigenvalue weighted by molar-refractivity contribution is 6.35. The molecule has 7 heteroatoms. The number of aryl methyl sites for hydroxylation is 2. The number of aromatic amines is 1. The summed E-state index contributed by atoms with van der Waals surface area (Å²) in [5.74, 6) is -1.29. The highest BCUT2D eigenvalue weighted by Crippen LogP contribution is 2.28. The Morgan fingerprint density at radius 3 is 2.33 bits per heavy atom. The molecule has 0 spiro atoms. The second-order valence-electron chi connectivity index (χ2n) is 5.32. The molecular formula is C17H17ClN2O4. The Labute approximate surface area is 144 Å². The molecule has 24 heavy (non-hydrogen) atoms. The average Bonchev–Trinajstić information content (AvgIpc) is 2.81. The number of methoxy groups -OCH3 is 1. The van der Waals surface area contributed by atoms with E-state index in [0.717, 1.165) is 0 Å². The molecule has 0 bridgehead atoms. The Bertz CT molecular complexity index is 839. The van der Waals surface area contributed by atoms with Gasteiger partial charge in [-0.05, 0) is 32.0 Å². The minimum Gasteiger partial charge on any atom is -0.465 e. The van der Waals surface area contributed by atoms with E-state index < -0.39 is 11.8 Å². The van der Waals surface area contributed by atoms with E-state index in [1.54, 1.807) is 19.9 Å². The zero-order valence-corrected chi connectivity index (χ0v) is 14.5. The number of nitrogens with one attached hydrogen (secondary N) is 2. The third kappa shape index (κ3) is 3.33. The highest BCUT2D eigenvalue weighted by Gasteiger charge is 2.27. The number of ketones is 1. The second-order valence-corrected chi connectivity index (χ2v) is 5.73. The Morgan fingerprint density at radius 2 is 1.75 bits per heavy atom. The molecule has 126 valence electrons.